The molecule has 0 heterocycles. The van der Waals surface area contributed by atoms with Crippen molar-refractivity contribution in [3.63, 3.8) is 0 Å². The van der Waals surface area contributed by atoms with Gasteiger partial charge in [0.25, 0.3) is 5.91 Å². The predicted molar refractivity (Wildman–Crippen MR) is 117 cm³/mol. The van der Waals surface area contributed by atoms with Gasteiger partial charge in [-0.05, 0) is 79.1 Å². The number of nitrogens with one attached hydrogen (secondary N) is 1. The molecule has 0 spiro atoms. The quantitative estimate of drug-likeness (QED) is 0.557. The highest BCUT2D eigenvalue weighted by atomic mass is 16.5. The molecule has 3 rings (SSSR count). The van der Waals surface area contributed by atoms with Gasteiger partial charge in [0, 0.05) is 11.9 Å². The fraction of sp³-hybridized carbons (Fsp3) is 0.125. The van der Waals surface area contributed by atoms with Crippen molar-refractivity contribution in [3.05, 3.63) is 89.0 Å². The SMILES string of the molecule is Cc1ccc(NC(=O)COc2cccc(C=Nc3ccc(C(=O)O)cc3)c2)cc1C. The lowest BCUT2D eigenvalue weighted by atomic mass is 10.1. The second kappa shape index (κ2) is 9.52. The van der Waals surface area contributed by atoms with Crippen LogP contribution in [0.4, 0.5) is 11.4 Å². The van der Waals surface area contributed by atoms with Gasteiger partial charge in [0.1, 0.15) is 5.75 Å². The molecule has 6 heteroatoms. The molecule has 0 fully saturated rings. The predicted octanol–water partition coefficient (Wildman–Crippen LogP) is 4.77. The zero-order chi connectivity index (χ0) is 21.5. The van der Waals surface area contributed by atoms with Crippen molar-refractivity contribution in [3.8, 4) is 5.75 Å². The van der Waals surface area contributed by atoms with Crippen molar-refractivity contribution in [1.29, 1.82) is 0 Å². The van der Waals surface area contributed by atoms with Crippen LogP contribution in [0.1, 0.15) is 27.0 Å². The second-order valence-electron chi connectivity index (χ2n) is 6.82. The lowest BCUT2D eigenvalue weighted by Crippen LogP contribution is -2.20. The fourth-order valence-electron chi connectivity index (χ4n) is 2.69. The number of amides is 1. The number of carboxylic acid groups (broad SMARTS) is 1. The Balaban J connectivity index is 1.57. The summed E-state index contributed by atoms with van der Waals surface area (Å²) in [4.78, 5) is 27.4. The zero-order valence-electron chi connectivity index (χ0n) is 16.8. The Kier molecular flexibility index (Phi) is 6.60. The van der Waals surface area contributed by atoms with Crippen LogP contribution in [0.15, 0.2) is 71.7 Å². The Morgan fingerprint density at radius 3 is 2.47 bits per heavy atom. The molecule has 0 aliphatic rings. The van der Waals surface area contributed by atoms with Crippen LogP contribution in [0.25, 0.3) is 0 Å². The molecule has 2 N–H and O–H groups in total. The van der Waals surface area contributed by atoms with Crippen molar-refractivity contribution in [2.75, 3.05) is 11.9 Å². The number of benzene rings is 3. The van der Waals surface area contributed by atoms with Gasteiger partial charge in [-0.15, -0.1) is 0 Å². The topological polar surface area (TPSA) is 88.0 Å². The van der Waals surface area contributed by atoms with Crippen LogP contribution in [-0.4, -0.2) is 29.8 Å². The van der Waals surface area contributed by atoms with E-state index in [0.717, 1.165) is 16.8 Å². The molecule has 6 nitrogen and oxygen atoms in total. The standard InChI is InChI=1S/C24H22N2O4/c1-16-6-9-21(12-17(16)2)26-23(27)15-30-22-5-3-4-18(13-22)14-25-20-10-7-19(8-11-20)24(28)29/h3-14H,15H2,1-2H3,(H,26,27)(H,28,29). The number of carbonyl (C=O) groups excluding carboxylic acids is 1. The van der Waals surface area contributed by atoms with Gasteiger partial charge in [-0.2, -0.15) is 0 Å². The Hall–Kier alpha value is -3.93. The van der Waals surface area contributed by atoms with E-state index in [4.69, 9.17) is 9.84 Å². The number of ether oxygens (including phenoxy) is 1. The molecule has 0 aliphatic heterocycles. The van der Waals surface area contributed by atoms with Crippen molar-refractivity contribution in [2.45, 2.75) is 13.8 Å². The van der Waals surface area contributed by atoms with Gasteiger partial charge in [0.2, 0.25) is 0 Å². The minimum atomic E-state index is -0.975. The number of aliphatic imine (C=N–C) groups is 1. The molecule has 3 aromatic carbocycles. The minimum Gasteiger partial charge on any atom is -0.484 e. The lowest BCUT2D eigenvalue weighted by Gasteiger charge is -2.09. The first-order chi connectivity index (χ1) is 14.4. The summed E-state index contributed by atoms with van der Waals surface area (Å²) in [5.74, 6) is -0.664. The molecule has 1 amide bonds. The summed E-state index contributed by atoms with van der Waals surface area (Å²) in [7, 11) is 0. The summed E-state index contributed by atoms with van der Waals surface area (Å²) in [5, 5.41) is 11.8. The van der Waals surface area contributed by atoms with Gasteiger partial charge in [-0.3, -0.25) is 9.79 Å². The molecule has 152 valence electrons. The van der Waals surface area contributed by atoms with Crippen LogP contribution < -0.4 is 10.1 Å². The molecule has 0 saturated carbocycles. The van der Waals surface area contributed by atoms with E-state index in [0.29, 0.717) is 11.4 Å². The summed E-state index contributed by atoms with van der Waals surface area (Å²) < 4.78 is 5.59. The highest BCUT2D eigenvalue weighted by molar-refractivity contribution is 5.92. The van der Waals surface area contributed by atoms with Crippen LogP contribution >= 0.6 is 0 Å². The normalized spacial score (nSPS) is 10.7. The zero-order valence-corrected chi connectivity index (χ0v) is 16.8. The largest absolute Gasteiger partial charge is 0.484 e. The first-order valence-electron chi connectivity index (χ1n) is 9.38. The number of nitrogens with zero attached hydrogens (tertiary/aromatic N) is 1. The maximum atomic E-state index is 12.1. The summed E-state index contributed by atoms with van der Waals surface area (Å²) in [6, 6.07) is 19.2. The number of hydrogen-bond donors (Lipinski definition) is 2. The smallest absolute Gasteiger partial charge is 0.335 e. The first-order valence-corrected chi connectivity index (χ1v) is 9.38. The van der Waals surface area contributed by atoms with Crippen LogP contribution in [0, 0.1) is 13.8 Å². The van der Waals surface area contributed by atoms with Crippen LogP contribution in [0.5, 0.6) is 5.75 Å². The Bertz CT molecular complexity index is 1090. The average molecular weight is 402 g/mol. The molecule has 0 aromatic heterocycles. The number of carboxylic acids is 1. The molecule has 0 bridgehead atoms. The molecule has 0 radical (unpaired) electrons. The van der Waals surface area contributed by atoms with Crippen molar-refractivity contribution < 1.29 is 19.4 Å². The highest BCUT2D eigenvalue weighted by Crippen LogP contribution is 2.17. The lowest BCUT2D eigenvalue weighted by molar-refractivity contribution is -0.118. The van der Waals surface area contributed by atoms with E-state index in [9.17, 15) is 9.59 Å². The summed E-state index contributed by atoms with van der Waals surface area (Å²) in [6.45, 7) is 3.91. The van der Waals surface area contributed by atoms with Gasteiger partial charge in [-0.25, -0.2) is 4.79 Å². The van der Waals surface area contributed by atoms with Gasteiger partial charge < -0.3 is 15.2 Å². The highest BCUT2D eigenvalue weighted by Gasteiger charge is 2.05. The van der Waals surface area contributed by atoms with E-state index in [1.807, 2.05) is 44.2 Å². The average Bonchev–Trinajstić information content (AvgIpc) is 2.74. The number of aromatic carboxylic acids is 1. The molecule has 30 heavy (non-hydrogen) atoms. The third kappa shape index (κ3) is 5.78. The number of aryl methyl sites for hydroxylation is 2. The first kappa shape index (κ1) is 20.8. The Labute approximate surface area is 174 Å². The number of rotatable bonds is 7. The summed E-state index contributed by atoms with van der Waals surface area (Å²) in [5.41, 5.74) is 4.66. The molecular formula is C24H22N2O4. The molecule has 0 saturated heterocycles. The molecule has 0 unspecified atom stereocenters. The number of carbonyl (C=O) groups is 2. The fourth-order valence-corrected chi connectivity index (χ4v) is 2.69. The van der Waals surface area contributed by atoms with Gasteiger partial charge >= 0.3 is 5.97 Å². The van der Waals surface area contributed by atoms with Crippen molar-refractivity contribution in [2.24, 2.45) is 4.99 Å². The maximum absolute atomic E-state index is 12.1. The minimum absolute atomic E-state index is 0.107. The summed E-state index contributed by atoms with van der Waals surface area (Å²) >= 11 is 0. The number of hydrogen-bond acceptors (Lipinski definition) is 4. The monoisotopic (exact) mass is 402 g/mol. The van der Waals surface area contributed by atoms with E-state index in [2.05, 4.69) is 10.3 Å². The van der Waals surface area contributed by atoms with Crippen molar-refractivity contribution in [1.82, 2.24) is 0 Å². The van der Waals surface area contributed by atoms with Crippen LogP contribution in [0.3, 0.4) is 0 Å². The Morgan fingerprint density at radius 2 is 1.77 bits per heavy atom. The van der Waals surface area contributed by atoms with Gasteiger partial charge in [0.15, 0.2) is 6.61 Å². The van der Waals surface area contributed by atoms with Crippen LogP contribution in [0.2, 0.25) is 0 Å². The Morgan fingerprint density at radius 1 is 1.00 bits per heavy atom. The second-order valence-corrected chi connectivity index (χ2v) is 6.82. The molecule has 0 aliphatic carbocycles. The third-order valence-electron chi connectivity index (χ3n) is 4.50. The molecular weight excluding hydrogens is 380 g/mol. The van der Waals surface area contributed by atoms with Crippen molar-refractivity contribution >= 4 is 29.5 Å². The van der Waals surface area contributed by atoms with E-state index < -0.39 is 5.97 Å². The molecule has 0 atom stereocenters. The third-order valence-corrected chi connectivity index (χ3v) is 4.50. The van der Waals surface area contributed by atoms with Gasteiger partial charge in [-0.1, -0.05) is 18.2 Å². The molecule has 3 aromatic rings. The van der Waals surface area contributed by atoms with E-state index in [1.54, 1.807) is 30.5 Å². The van der Waals surface area contributed by atoms with Crippen LogP contribution in [-0.2, 0) is 4.79 Å². The van der Waals surface area contributed by atoms with E-state index >= 15 is 0 Å². The van der Waals surface area contributed by atoms with Gasteiger partial charge in [0.05, 0.1) is 11.3 Å². The number of anilines is 1. The van der Waals surface area contributed by atoms with E-state index in [1.165, 1.54) is 17.7 Å². The summed E-state index contributed by atoms with van der Waals surface area (Å²) in [6.07, 6.45) is 1.65. The van der Waals surface area contributed by atoms with E-state index in [-0.39, 0.29) is 18.1 Å². The maximum Gasteiger partial charge on any atom is 0.335 e.